The Morgan fingerprint density at radius 2 is 2.13 bits per heavy atom. The largest absolute Gasteiger partial charge is 0.352 e. The first-order chi connectivity index (χ1) is 6.90. The van der Waals surface area contributed by atoms with Gasteiger partial charge in [0.05, 0.1) is 5.33 Å². The number of amides is 1. The highest BCUT2D eigenvalue weighted by Crippen LogP contribution is 2.62. The fraction of sp³-hybridized carbons (Fsp3) is 0.917. The fourth-order valence-corrected chi connectivity index (χ4v) is 4.02. The standard InChI is InChI=1S/C12H20BrNO/c1-11(2)8-4-5-12(3,6-8)10(11)14-9(15)7-13/h8,10H,4-7H2,1-3H3,(H,14,15). The molecule has 2 fully saturated rings. The summed E-state index contributed by atoms with van der Waals surface area (Å²) in [5.74, 6) is 0.921. The molecule has 2 saturated carbocycles. The molecule has 0 spiro atoms. The number of hydrogen-bond donors (Lipinski definition) is 1. The van der Waals surface area contributed by atoms with Gasteiger partial charge in [-0.1, -0.05) is 36.7 Å². The van der Waals surface area contributed by atoms with Gasteiger partial charge in [-0.25, -0.2) is 0 Å². The molecule has 0 heterocycles. The lowest BCUT2D eigenvalue weighted by atomic mass is 9.68. The van der Waals surface area contributed by atoms with Crippen LogP contribution in [0.15, 0.2) is 0 Å². The van der Waals surface area contributed by atoms with Gasteiger partial charge in [-0.05, 0) is 36.0 Å². The van der Waals surface area contributed by atoms with Crippen LogP contribution in [0.2, 0.25) is 0 Å². The Bertz CT molecular complexity index is 285. The topological polar surface area (TPSA) is 29.1 Å². The van der Waals surface area contributed by atoms with E-state index < -0.39 is 0 Å². The molecule has 0 saturated heterocycles. The molecular formula is C12H20BrNO. The molecule has 0 aliphatic heterocycles. The van der Waals surface area contributed by atoms with Gasteiger partial charge in [0.25, 0.3) is 0 Å². The lowest BCUT2D eigenvalue weighted by Gasteiger charge is -2.43. The molecule has 0 aromatic carbocycles. The van der Waals surface area contributed by atoms with Gasteiger partial charge in [-0.3, -0.25) is 4.79 Å². The number of carbonyl (C=O) groups excluding carboxylic acids is 1. The second-order valence-electron chi connectivity index (χ2n) is 6.05. The molecule has 2 nitrogen and oxygen atoms in total. The van der Waals surface area contributed by atoms with Crippen LogP contribution in [-0.4, -0.2) is 17.3 Å². The zero-order chi connectivity index (χ0) is 11.3. The number of rotatable bonds is 2. The third-order valence-corrected chi connectivity index (χ3v) is 5.21. The van der Waals surface area contributed by atoms with Gasteiger partial charge in [-0.15, -0.1) is 0 Å². The van der Waals surface area contributed by atoms with Gasteiger partial charge in [0.15, 0.2) is 0 Å². The van der Waals surface area contributed by atoms with Crippen LogP contribution in [0.1, 0.15) is 40.0 Å². The summed E-state index contributed by atoms with van der Waals surface area (Å²) >= 11 is 3.22. The maximum atomic E-state index is 11.5. The van der Waals surface area contributed by atoms with Crippen LogP contribution >= 0.6 is 15.9 Å². The van der Waals surface area contributed by atoms with E-state index in [9.17, 15) is 4.79 Å². The summed E-state index contributed by atoms with van der Waals surface area (Å²) in [5, 5.41) is 3.62. The van der Waals surface area contributed by atoms with E-state index in [0.717, 1.165) is 5.92 Å². The number of hydrogen-bond acceptors (Lipinski definition) is 1. The molecule has 1 amide bonds. The third kappa shape index (κ3) is 1.63. The summed E-state index contributed by atoms with van der Waals surface area (Å²) in [6.45, 7) is 6.95. The van der Waals surface area contributed by atoms with E-state index in [-0.39, 0.29) is 11.3 Å². The van der Waals surface area contributed by atoms with Gasteiger partial charge >= 0.3 is 0 Å². The molecule has 3 atom stereocenters. The molecule has 0 radical (unpaired) electrons. The molecular weight excluding hydrogens is 254 g/mol. The van der Waals surface area contributed by atoms with Crippen LogP contribution in [0, 0.1) is 16.7 Å². The van der Waals surface area contributed by atoms with E-state index in [1.807, 2.05) is 0 Å². The van der Waals surface area contributed by atoms with Crippen molar-refractivity contribution in [3.05, 3.63) is 0 Å². The van der Waals surface area contributed by atoms with Crippen molar-refractivity contribution >= 4 is 21.8 Å². The summed E-state index contributed by atoms with van der Waals surface area (Å²) in [7, 11) is 0. The van der Waals surface area contributed by atoms with Gasteiger partial charge in [0.1, 0.15) is 0 Å². The Labute approximate surface area is 100 Å². The molecule has 3 unspecified atom stereocenters. The van der Waals surface area contributed by atoms with E-state index in [4.69, 9.17) is 0 Å². The van der Waals surface area contributed by atoms with Gasteiger partial charge < -0.3 is 5.32 Å². The summed E-state index contributed by atoms with van der Waals surface area (Å²) in [5.41, 5.74) is 0.608. The summed E-state index contributed by atoms with van der Waals surface area (Å²) < 4.78 is 0. The number of nitrogens with one attached hydrogen (secondary N) is 1. The molecule has 3 heteroatoms. The molecule has 86 valence electrons. The predicted octanol–water partition coefficient (Wildman–Crippen LogP) is 2.71. The molecule has 1 N–H and O–H groups in total. The fourth-order valence-electron chi connectivity index (χ4n) is 3.86. The van der Waals surface area contributed by atoms with E-state index in [1.54, 1.807) is 0 Å². The highest BCUT2D eigenvalue weighted by atomic mass is 79.9. The highest BCUT2D eigenvalue weighted by Gasteiger charge is 2.59. The Morgan fingerprint density at radius 1 is 1.47 bits per heavy atom. The monoisotopic (exact) mass is 273 g/mol. The zero-order valence-electron chi connectivity index (χ0n) is 9.77. The lowest BCUT2D eigenvalue weighted by molar-refractivity contribution is -0.121. The minimum Gasteiger partial charge on any atom is -0.352 e. The van der Waals surface area contributed by atoms with Crippen molar-refractivity contribution in [3.8, 4) is 0 Å². The molecule has 2 rings (SSSR count). The number of halogens is 1. The Hall–Kier alpha value is -0.0500. The molecule has 0 aromatic rings. The number of carbonyl (C=O) groups is 1. The van der Waals surface area contributed by atoms with E-state index in [0.29, 0.717) is 16.8 Å². The van der Waals surface area contributed by atoms with Crippen molar-refractivity contribution in [2.75, 3.05) is 5.33 Å². The molecule has 0 aromatic heterocycles. The van der Waals surface area contributed by atoms with E-state index in [1.165, 1.54) is 19.3 Å². The highest BCUT2D eigenvalue weighted by molar-refractivity contribution is 9.09. The second-order valence-corrected chi connectivity index (χ2v) is 6.61. The normalized spacial score (nSPS) is 41.9. The van der Waals surface area contributed by atoms with Crippen LogP contribution in [0.5, 0.6) is 0 Å². The maximum absolute atomic E-state index is 11.5. The summed E-state index contributed by atoms with van der Waals surface area (Å²) in [6, 6.07) is 0.355. The molecule has 2 aliphatic rings. The van der Waals surface area contributed by atoms with Gasteiger partial charge in [0, 0.05) is 6.04 Å². The smallest absolute Gasteiger partial charge is 0.230 e. The molecule has 2 bridgehead atoms. The Morgan fingerprint density at radius 3 is 2.60 bits per heavy atom. The predicted molar refractivity (Wildman–Crippen MR) is 65.0 cm³/mol. The Balaban J connectivity index is 2.19. The maximum Gasteiger partial charge on any atom is 0.230 e. The summed E-state index contributed by atoms with van der Waals surface area (Å²) in [4.78, 5) is 11.5. The van der Waals surface area contributed by atoms with Crippen molar-refractivity contribution in [2.24, 2.45) is 16.7 Å². The van der Waals surface area contributed by atoms with Crippen molar-refractivity contribution in [3.63, 3.8) is 0 Å². The SMILES string of the molecule is CC12CCC(C1)C(C)(C)C2NC(=O)CBr. The van der Waals surface area contributed by atoms with Crippen molar-refractivity contribution in [2.45, 2.75) is 46.1 Å². The van der Waals surface area contributed by atoms with Crippen molar-refractivity contribution < 1.29 is 4.79 Å². The number of fused-ring (bicyclic) bond motifs is 2. The minimum atomic E-state index is 0.127. The van der Waals surface area contributed by atoms with Crippen LogP contribution in [-0.2, 0) is 4.79 Å². The van der Waals surface area contributed by atoms with E-state index in [2.05, 4.69) is 42.0 Å². The first kappa shape index (κ1) is 11.4. The van der Waals surface area contributed by atoms with Crippen molar-refractivity contribution in [1.29, 1.82) is 0 Å². The zero-order valence-corrected chi connectivity index (χ0v) is 11.4. The number of alkyl halides is 1. The lowest BCUT2D eigenvalue weighted by Crippen LogP contribution is -2.52. The minimum absolute atomic E-state index is 0.127. The van der Waals surface area contributed by atoms with Crippen LogP contribution in [0.4, 0.5) is 0 Å². The molecule has 15 heavy (non-hydrogen) atoms. The Kier molecular flexibility index (Phi) is 2.65. The van der Waals surface area contributed by atoms with Crippen LogP contribution < -0.4 is 5.32 Å². The summed E-state index contributed by atoms with van der Waals surface area (Å²) in [6.07, 6.45) is 3.89. The average molecular weight is 274 g/mol. The van der Waals surface area contributed by atoms with E-state index >= 15 is 0 Å². The third-order valence-electron chi connectivity index (χ3n) is 4.70. The first-order valence-electron chi connectivity index (χ1n) is 5.75. The first-order valence-corrected chi connectivity index (χ1v) is 6.87. The van der Waals surface area contributed by atoms with Crippen molar-refractivity contribution in [1.82, 2.24) is 5.32 Å². The van der Waals surface area contributed by atoms with Crippen LogP contribution in [0.3, 0.4) is 0 Å². The quantitative estimate of drug-likeness (QED) is 0.771. The second kappa shape index (κ2) is 3.47. The van der Waals surface area contributed by atoms with Crippen LogP contribution in [0.25, 0.3) is 0 Å². The van der Waals surface area contributed by atoms with Gasteiger partial charge in [-0.2, -0.15) is 0 Å². The average Bonchev–Trinajstić information content (AvgIpc) is 2.63. The molecule has 2 aliphatic carbocycles. The van der Waals surface area contributed by atoms with Gasteiger partial charge in [0.2, 0.25) is 5.91 Å².